The fourth-order valence-electron chi connectivity index (χ4n) is 2.29. The second-order valence-corrected chi connectivity index (χ2v) is 4.73. The van der Waals surface area contributed by atoms with Gasteiger partial charge in [0.1, 0.15) is 0 Å². The highest BCUT2D eigenvalue weighted by atomic mass is 16.1. The molecular formula is C16H12N4O2. The van der Waals surface area contributed by atoms with Gasteiger partial charge in [-0.15, -0.1) is 0 Å². The van der Waals surface area contributed by atoms with E-state index in [9.17, 15) is 9.59 Å². The molecule has 0 aliphatic carbocycles. The van der Waals surface area contributed by atoms with E-state index in [1.807, 2.05) is 24.3 Å². The smallest absolute Gasteiger partial charge is 0.251 e. The lowest BCUT2D eigenvalue weighted by atomic mass is 10.1. The first-order chi connectivity index (χ1) is 10.6. The molecule has 108 valence electrons. The Kier molecular flexibility index (Phi) is 3.27. The third-order valence-corrected chi connectivity index (χ3v) is 3.26. The molecule has 0 unspecified atom stereocenters. The monoisotopic (exact) mass is 292 g/mol. The van der Waals surface area contributed by atoms with Crippen molar-refractivity contribution in [3.8, 4) is 0 Å². The van der Waals surface area contributed by atoms with E-state index >= 15 is 0 Å². The summed E-state index contributed by atoms with van der Waals surface area (Å²) in [5, 5.41) is 1.80. The largest absolute Gasteiger partial charge is 0.366 e. The van der Waals surface area contributed by atoms with E-state index in [0.29, 0.717) is 11.0 Å². The Morgan fingerprint density at radius 2 is 1.64 bits per heavy atom. The summed E-state index contributed by atoms with van der Waals surface area (Å²) in [7, 11) is 0. The minimum Gasteiger partial charge on any atom is -0.366 e. The van der Waals surface area contributed by atoms with Gasteiger partial charge in [-0.3, -0.25) is 14.6 Å². The molecule has 0 radical (unpaired) electrons. The Balaban J connectivity index is 2.30. The molecule has 3 aromatic rings. The van der Waals surface area contributed by atoms with Crippen LogP contribution in [0, 0.1) is 0 Å². The highest BCUT2D eigenvalue weighted by Crippen LogP contribution is 2.24. The Labute approximate surface area is 125 Å². The summed E-state index contributed by atoms with van der Waals surface area (Å²) in [5.41, 5.74) is 12.0. The van der Waals surface area contributed by atoms with Gasteiger partial charge in [0.25, 0.3) is 5.91 Å². The number of fused-ring (bicyclic) bond motifs is 3. The lowest BCUT2D eigenvalue weighted by Crippen LogP contribution is -2.17. The van der Waals surface area contributed by atoms with Crippen LogP contribution in [0.4, 0.5) is 0 Å². The van der Waals surface area contributed by atoms with Crippen molar-refractivity contribution in [2.45, 2.75) is 0 Å². The van der Waals surface area contributed by atoms with E-state index in [-0.39, 0.29) is 11.3 Å². The SMILES string of the molecule is NC(=O)/C=C(\C(N)=O)c1ccc2ccc3cccnc3c2n1. The molecule has 2 amide bonds. The topological polar surface area (TPSA) is 112 Å². The second kappa shape index (κ2) is 5.25. The summed E-state index contributed by atoms with van der Waals surface area (Å²) in [6.07, 6.45) is 2.65. The fourth-order valence-corrected chi connectivity index (χ4v) is 2.29. The molecule has 0 saturated carbocycles. The van der Waals surface area contributed by atoms with Gasteiger partial charge in [-0.2, -0.15) is 0 Å². The number of nitrogens with two attached hydrogens (primary N) is 2. The van der Waals surface area contributed by atoms with Crippen LogP contribution in [0.1, 0.15) is 5.69 Å². The summed E-state index contributed by atoms with van der Waals surface area (Å²) < 4.78 is 0. The Hall–Kier alpha value is -3.28. The summed E-state index contributed by atoms with van der Waals surface area (Å²) in [6, 6.07) is 11.0. The number of carbonyl (C=O) groups is 2. The van der Waals surface area contributed by atoms with Gasteiger partial charge in [-0.1, -0.05) is 24.3 Å². The zero-order valence-corrected chi connectivity index (χ0v) is 11.5. The van der Waals surface area contributed by atoms with Crippen LogP contribution in [0.25, 0.3) is 27.4 Å². The highest BCUT2D eigenvalue weighted by molar-refractivity contribution is 6.22. The van der Waals surface area contributed by atoms with Gasteiger partial charge in [0.15, 0.2) is 0 Å². The van der Waals surface area contributed by atoms with E-state index in [1.54, 1.807) is 18.3 Å². The second-order valence-electron chi connectivity index (χ2n) is 4.73. The minimum absolute atomic E-state index is 0.0256. The van der Waals surface area contributed by atoms with Crippen LogP contribution >= 0.6 is 0 Å². The first-order valence-corrected chi connectivity index (χ1v) is 6.52. The maximum atomic E-state index is 11.5. The predicted octanol–water partition coefficient (Wildman–Crippen LogP) is 1.14. The molecule has 0 saturated heterocycles. The molecule has 2 heterocycles. The van der Waals surface area contributed by atoms with E-state index in [1.165, 1.54) is 0 Å². The Morgan fingerprint density at radius 1 is 0.955 bits per heavy atom. The van der Waals surface area contributed by atoms with E-state index in [4.69, 9.17) is 11.5 Å². The van der Waals surface area contributed by atoms with Gasteiger partial charge >= 0.3 is 0 Å². The van der Waals surface area contributed by atoms with Gasteiger partial charge in [-0.05, 0) is 12.1 Å². The van der Waals surface area contributed by atoms with Gasteiger partial charge in [0, 0.05) is 23.0 Å². The van der Waals surface area contributed by atoms with E-state index in [0.717, 1.165) is 16.8 Å². The molecule has 0 fully saturated rings. The number of nitrogens with zero attached hydrogens (tertiary/aromatic N) is 2. The summed E-state index contributed by atoms with van der Waals surface area (Å²) in [5.74, 6) is -1.52. The van der Waals surface area contributed by atoms with Crippen molar-refractivity contribution in [1.29, 1.82) is 0 Å². The molecule has 4 N–H and O–H groups in total. The molecule has 3 rings (SSSR count). The number of rotatable bonds is 3. The molecule has 0 atom stereocenters. The van der Waals surface area contributed by atoms with Gasteiger partial charge in [0.2, 0.25) is 5.91 Å². The van der Waals surface area contributed by atoms with E-state index in [2.05, 4.69) is 9.97 Å². The number of aromatic nitrogens is 2. The molecule has 0 aliphatic rings. The number of primary amides is 2. The van der Waals surface area contributed by atoms with Crippen molar-refractivity contribution in [2.24, 2.45) is 11.5 Å². The third kappa shape index (κ3) is 2.37. The van der Waals surface area contributed by atoms with Gasteiger partial charge in [0.05, 0.1) is 22.3 Å². The van der Waals surface area contributed by atoms with Crippen LogP contribution in [0.3, 0.4) is 0 Å². The summed E-state index contributed by atoms with van der Waals surface area (Å²) in [6.45, 7) is 0. The normalized spacial score (nSPS) is 11.7. The number of hydrogen-bond acceptors (Lipinski definition) is 4. The minimum atomic E-state index is -0.765. The molecule has 6 nitrogen and oxygen atoms in total. The first-order valence-electron chi connectivity index (χ1n) is 6.52. The summed E-state index contributed by atoms with van der Waals surface area (Å²) >= 11 is 0. The van der Waals surface area contributed by atoms with Gasteiger partial charge < -0.3 is 11.5 Å². The molecule has 0 bridgehead atoms. The van der Waals surface area contributed by atoms with Crippen molar-refractivity contribution in [3.05, 3.63) is 54.4 Å². The zero-order chi connectivity index (χ0) is 15.7. The van der Waals surface area contributed by atoms with Crippen molar-refractivity contribution in [1.82, 2.24) is 9.97 Å². The average Bonchev–Trinajstić information content (AvgIpc) is 2.51. The number of pyridine rings is 2. The van der Waals surface area contributed by atoms with Crippen LogP contribution in [0.15, 0.2) is 48.7 Å². The Morgan fingerprint density at radius 3 is 2.32 bits per heavy atom. The number of benzene rings is 1. The van der Waals surface area contributed by atoms with E-state index < -0.39 is 11.8 Å². The molecule has 0 spiro atoms. The van der Waals surface area contributed by atoms with Crippen molar-refractivity contribution >= 4 is 39.2 Å². The third-order valence-electron chi connectivity index (χ3n) is 3.26. The molecular weight excluding hydrogens is 280 g/mol. The molecule has 0 aliphatic heterocycles. The molecule has 2 aromatic heterocycles. The van der Waals surface area contributed by atoms with Crippen LogP contribution in [-0.2, 0) is 9.59 Å². The zero-order valence-electron chi connectivity index (χ0n) is 11.5. The van der Waals surface area contributed by atoms with Crippen LogP contribution < -0.4 is 11.5 Å². The maximum Gasteiger partial charge on any atom is 0.251 e. The predicted molar refractivity (Wildman–Crippen MR) is 83.4 cm³/mol. The van der Waals surface area contributed by atoms with Crippen molar-refractivity contribution in [3.63, 3.8) is 0 Å². The lowest BCUT2D eigenvalue weighted by molar-refractivity contribution is -0.115. The average molecular weight is 292 g/mol. The molecule has 22 heavy (non-hydrogen) atoms. The number of carbonyl (C=O) groups excluding carboxylic acids is 2. The first kappa shape index (κ1) is 13.7. The molecule has 1 aromatic carbocycles. The number of amides is 2. The maximum absolute atomic E-state index is 11.5. The van der Waals surface area contributed by atoms with Crippen LogP contribution in [0.2, 0.25) is 0 Å². The van der Waals surface area contributed by atoms with Gasteiger partial charge in [-0.25, -0.2) is 4.98 Å². The highest BCUT2D eigenvalue weighted by Gasteiger charge is 2.13. The molecule has 6 heteroatoms. The van der Waals surface area contributed by atoms with Crippen LogP contribution in [0.5, 0.6) is 0 Å². The van der Waals surface area contributed by atoms with Crippen molar-refractivity contribution < 1.29 is 9.59 Å². The fraction of sp³-hybridized carbons (Fsp3) is 0. The summed E-state index contributed by atoms with van der Waals surface area (Å²) in [4.78, 5) is 31.4. The van der Waals surface area contributed by atoms with Crippen LogP contribution in [-0.4, -0.2) is 21.8 Å². The quantitative estimate of drug-likeness (QED) is 0.556. The standard InChI is InChI=1S/C16H12N4O2/c17-13(21)8-11(16(18)22)12-6-5-10-4-3-9-2-1-7-19-14(9)15(10)20-12/h1-8H,(H2,17,21)(H2,18,22)/b11-8-. The van der Waals surface area contributed by atoms with Crippen molar-refractivity contribution in [2.75, 3.05) is 0 Å². The Bertz CT molecular complexity index is 947. The lowest BCUT2D eigenvalue weighted by Gasteiger charge is -2.06. The number of hydrogen-bond donors (Lipinski definition) is 2.